The van der Waals surface area contributed by atoms with E-state index in [0.29, 0.717) is 6.61 Å². The Balaban J connectivity index is 2.66. The van der Waals surface area contributed by atoms with Gasteiger partial charge in [0.15, 0.2) is 0 Å². The molecule has 4 nitrogen and oxygen atoms in total. The second-order valence-electron chi connectivity index (χ2n) is 2.99. The number of morpholine rings is 1. The van der Waals surface area contributed by atoms with Gasteiger partial charge in [0, 0.05) is 6.54 Å². The Bertz CT molecular complexity index is 172. The molecule has 1 N–H and O–H groups in total. The molecule has 0 aromatic carbocycles. The number of aliphatic carboxylic acids is 1. The van der Waals surface area contributed by atoms with E-state index in [1.54, 1.807) is 6.92 Å². The van der Waals surface area contributed by atoms with E-state index in [-0.39, 0.29) is 6.10 Å². The molecule has 1 rings (SSSR count). The molecular formula is C8H15NO3. The summed E-state index contributed by atoms with van der Waals surface area (Å²) in [5.41, 5.74) is 0. The zero-order valence-corrected chi connectivity index (χ0v) is 7.49. The van der Waals surface area contributed by atoms with Gasteiger partial charge in [-0.3, -0.25) is 9.69 Å². The summed E-state index contributed by atoms with van der Waals surface area (Å²) >= 11 is 0. The van der Waals surface area contributed by atoms with Gasteiger partial charge < -0.3 is 9.84 Å². The Morgan fingerprint density at radius 1 is 1.75 bits per heavy atom. The van der Waals surface area contributed by atoms with Crippen molar-refractivity contribution < 1.29 is 14.6 Å². The van der Waals surface area contributed by atoms with E-state index in [1.165, 1.54) is 0 Å². The molecular weight excluding hydrogens is 158 g/mol. The third-order valence-corrected chi connectivity index (χ3v) is 2.26. The minimum absolute atomic E-state index is 0.198. The van der Waals surface area contributed by atoms with Crippen molar-refractivity contribution >= 4 is 5.97 Å². The SMILES string of the molecule is CCN1CCOC(C)C1C(=O)O. The van der Waals surface area contributed by atoms with Crippen LogP contribution in [-0.4, -0.2) is 47.8 Å². The highest BCUT2D eigenvalue weighted by Gasteiger charge is 2.33. The van der Waals surface area contributed by atoms with Crippen LogP contribution in [0.2, 0.25) is 0 Å². The van der Waals surface area contributed by atoms with Gasteiger partial charge in [0.1, 0.15) is 6.04 Å². The van der Waals surface area contributed by atoms with Crippen LogP contribution in [0.25, 0.3) is 0 Å². The molecule has 0 amide bonds. The number of ether oxygens (including phenoxy) is 1. The zero-order chi connectivity index (χ0) is 9.14. The highest BCUT2D eigenvalue weighted by Crippen LogP contribution is 2.13. The molecule has 0 aromatic heterocycles. The molecule has 1 saturated heterocycles. The number of likely N-dealkylation sites (N-methyl/N-ethyl adjacent to an activating group) is 1. The highest BCUT2D eigenvalue weighted by atomic mass is 16.5. The fraction of sp³-hybridized carbons (Fsp3) is 0.875. The van der Waals surface area contributed by atoms with Crippen molar-refractivity contribution in [2.45, 2.75) is 26.0 Å². The van der Waals surface area contributed by atoms with Gasteiger partial charge in [-0.2, -0.15) is 0 Å². The van der Waals surface area contributed by atoms with Gasteiger partial charge in [0.05, 0.1) is 12.7 Å². The Morgan fingerprint density at radius 3 is 2.83 bits per heavy atom. The van der Waals surface area contributed by atoms with E-state index in [1.807, 2.05) is 11.8 Å². The lowest BCUT2D eigenvalue weighted by Crippen LogP contribution is -2.54. The average molecular weight is 173 g/mol. The molecule has 1 aliphatic heterocycles. The summed E-state index contributed by atoms with van der Waals surface area (Å²) in [4.78, 5) is 12.7. The Morgan fingerprint density at radius 2 is 2.42 bits per heavy atom. The lowest BCUT2D eigenvalue weighted by Gasteiger charge is -2.36. The molecule has 1 heterocycles. The first-order valence-corrected chi connectivity index (χ1v) is 4.25. The summed E-state index contributed by atoms with van der Waals surface area (Å²) in [5.74, 6) is -0.788. The molecule has 4 heteroatoms. The molecule has 0 spiro atoms. The lowest BCUT2D eigenvalue weighted by molar-refractivity contribution is -0.155. The van der Waals surface area contributed by atoms with E-state index in [9.17, 15) is 4.79 Å². The van der Waals surface area contributed by atoms with Crippen LogP contribution in [0.5, 0.6) is 0 Å². The van der Waals surface area contributed by atoms with Crippen LogP contribution in [0.4, 0.5) is 0 Å². The van der Waals surface area contributed by atoms with Crippen molar-refractivity contribution in [1.82, 2.24) is 4.90 Å². The second-order valence-corrected chi connectivity index (χ2v) is 2.99. The van der Waals surface area contributed by atoms with Crippen LogP contribution in [0.3, 0.4) is 0 Å². The molecule has 0 saturated carbocycles. The van der Waals surface area contributed by atoms with Crippen molar-refractivity contribution in [2.24, 2.45) is 0 Å². The monoisotopic (exact) mass is 173 g/mol. The standard InChI is InChI=1S/C8H15NO3/c1-3-9-4-5-12-6(2)7(9)8(10)11/h6-7H,3-5H2,1-2H3,(H,10,11). The van der Waals surface area contributed by atoms with Gasteiger partial charge in [-0.15, -0.1) is 0 Å². The smallest absolute Gasteiger partial charge is 0.323 e. The summed E-state index contributed by atoms with van der Waals surface area (Å²) < 4.78 is 5.26. The van der Waals surface area contributed by atoms with Gasteiger partial charge >= 0.3 is 5.97 Å². The van der Waals surface area contributed by atoms with Crippen molar-refractivity contribution in [3.8, 4) is 0 Å². The van der Waals surface area contributed by atoms with Crippen LogP contribution in [0, 0.1) is 0 Å². The lowest BCUT2D eigenvalue weighted by atomic mass is 10.1. The van der Waals surface area contributed by atoms with Gasteiger partial charge in [0.2, 0.25) is 0 Å². The number of carbonyl (C=O) groups is 1. The Hall–Kier alpha value is -0.610. The van der Waals surface area contributed by atoms with Crippen LogP contribution in [-0.2, 0) is 9.53 Å². The maximum Gasteiger partial charge on any atom is 0.323 e. The largest absolute Gasteiger partial charge is 0.480 e. The van der Waals surface area contributed by atoms with Crippen LogP contribution < -0.4 is 0 Å². The number of hydrogen-bond donors (Lipinski definition) is 1. The summed E-state index contributed by atoms with van der Waals surface area (Å²) in [7, 11) is 0. The minimum atomic E-state index is -0.788. The molecule has 1 aliphatic rings. The molecule has 2 unspecified atom stereocenters. The van der Waals surface area contributed by atoms with Crippen LogP contribution in [0.15, 0.2) is 0 Å². The third-order valence-electron chi connectivity index (χ3n) is 2.26. The van der Waals surface area contributed by atoms with Crippen molar-refractivity contribution in [2.75, 3.05) is 19.7 Å². The van der Waals surface area contributed by atoms with Crippen LogP contribution in [0.1, 0.15) is 13.8 Å². The van der Waals surface area contributed by atoms with Gasteiger partial charge in [-0.1, -0.05) is 6.92 Å². The van der Waals surface area contributed by atoms with E-state index in [4.69, 9.17) is 9.84 Å². The Kier molecular flexibility index (Phi) is 3.05. The molecule has 0 aliphatic carbocycles. The van der Waals surface area contributed by atoms with Gasteiger partial charge in [0.25, 0.3) is 0 Å². The van der Waals surface area contributed by atoms with E-state index in [2.05, 4.69) is 0 Å². The van der Waals surface area contributed by atoms with Crippen molar-refractivity contribution in [3.05, 3.63) is 0 Å². The molecule has 70 valence electrons. The summed E-state index contributed by atoms with van der Waals surface area (Å²) in [5, 5.41) is 8.89. The topological polar surface area (TPSA) is 49.8 Å². The fourth-order valence-corrected chi connectivity index (χ4v) is 1.59. The van der Waals surface area contributed by atoms with E-state index in [0.717, 1.165) is 13.1 Å². The summed E-state index contributed by atoms with van der Waals surface area (Å²) in [6, 6.07) is -0.469. The Labute approximate surface area is 72.1 Å². The predicted octanol–water partition coefficient (Wildman–Crippen LogP) is 0.180. The predicted molar refractivity (Wildman–Crippen MR) is 44.1 cm³/mol. The second kappa shape index (κ2) is 3.87. The van der Waals surface area contributed by atoms with E-state index < -0.39 is 12.0 Å². The van der Waals surface area contributed by atoms with Gasteiger partial charge in [-0.25, -0.2) is 0 Å². The first kappa shape index (κ1) is 9.48. The van der Waals surface area contributed by atoms with Crippen molar-refractivity contribution in [1.29, 1.82) is 0 Å². The third kappa shape index (κ3) is 1.76. The zero-order valence-electron chi connectivity index (χ0n) is 7.49. The van der Waals surface area contributed by atoms with E-state index >= 15 is 0 Å². The van der Waals surface area contributed by atoms with Gasteiger partial charge in [-0.05, 0) is 13.5 Å². The molecule has 1 fully saturated rings. The first-order valence-electron chi connectivity index (χ1n) is 4.25. The highest BCUT2D eigenvalue weighted by molar-refractivity contribution is 5.74. The molecule has 2 atom stereocenters. The number of nitrogens with zero attached hydrogens (tertiary/aromatic N) is 1. The maximum atomic E-state index is 10.8. The molecule has 0 aromatic rings. The minimum Gasteiger partial charge on any atom is -0.480 e. The maximum absolute atomic E-state index is 10.8. The molecule has 0 radical (unpaired) electrons. The first-order chi connectivity index (χ1) is 5.66. The number of hydrogen-bond acceptors (Lipinski definition) is 3. The number of rotatable bonds is 2. The quantitative estimate of drug-likeness (QED) is 0.647. The number of carboxylic acid groups (broad SMARTS) is 1. The fourth-order valence-electron chi connectivity index (χ4n) is 1.59. The molecule has 12 heavy (non-hydrogen) atoms. The summed E-state index contributed by atoms with van der Waals surface area (Å²) in [6.45, 7) is 5.90. The van der Waals surface area contributed by atoms with Crippen molar-refractivity contribution in [3.63, 3.8) is 0 Å². The summed E-state index contributed by atoms with van der Waals surface area (Å²) in [6.07, 6.45) is -0.198. The normalized spacial score (nSPS) is 31.8. The average Bonchev–Trinajstić information content (AvgIpc) is 2.03. The van der Waals surface area contributed by atoms with Crippen LogP contribution >= 0.6 is 0 Å². The molecule has 0 bridgehead atoms. The number of carboxylic acids is 1.